The number of allylic oxidation sites excluding steroid dienone is 1. The second-order valence-corrected chi connectivity index (χ2v) is 6.04. The first-order valence-electron chi connectivity index (χ1n) is 7.73. The minimum atomic E-state index is -0.346. The van der Waals surface area contributed by atoms with E-state index in [0.717, 1.165) is 16.9 Å². The fourth-order valence-electron chi connectivity index (χ4n) is 3.09. The van der Waals surface area contributed by atoms with Crippen molar-refractivity contribution in [2.75, 3.05) is 0 Å². The van der Waals surface area contributed by atoms with Crippen LogP contribution >= 0.6 is 12.2 Å². The van der Waals surface area contributed by atoms with E-state index in [1.165, 1.54) is 0 Å². The monoisotopic (exact) mass is 346 g/mol. The van der Waals surface area contributed by atoms with Crippen molar-refractivity contribution in [3.8, 4) is 17.6 Å². The van der Waals surface area contributed by atoms with Crippen LogP contribution in [0.25, 0.3) is 5.69 Å². The van der Waals surface area contributed by atoms with Crippen LogP contribution in [0, 0.1) is 16.1 Å². The summed E-state index contributed by atoms with van der Waals surface area (Å²) < 4.78 is 8.08. The van der Waals surface area contributed by atoms with E-state index in [2.05, 4.69) is 11.1 Å². The lowest BCUT2D eigenvalue weighted by molar-refractivity contribution is 0.370. The molecule has 25 heavy (non-hydrogen) atoms. The first-order chi connectivity index (χ1) is 12.2. The maximum atomic E-state index is 9.60. The molecule has 2 aromatic carbocycles. The Morgan fingerprint density at radius 3 is 2.36 bits per heavy atom. The van der Waals surface area contributed by atoms with Gasteiger partial charge in [0.05, 0.1) is 17.3 Å². The zero-order chi connectivity index (χ0) is 17.4. The minimum Gasteiger partial charge on any atom is -0.422 e. The van der Waals surface area contributed by atoms with Crippen molar-refractivity contribution in [3.63, 3.8) is 0 Å². The SMILES string of the molecule is N#CC1=C(N)Oc2c([nH]c(=S)n2-c2ccccc2)C1c1ccccc1. The van der Waals surface area contributed by atoms with E-state index in [1.807, 2.05) is 60.7 Å². The van der Waals surface area contributed by atoms with Crippen molar-refractivity contribution in [1.29, 1.82) is 5.26 Å². The van der Waals surface area contributed by atoms with Crippen LogP contribution in [0.4, 0.5) is 0 Å². The number of hydrogen-bond acceptors (Lipinski definition) is 4. The number of H-pyrrole nitrogens is 1. The Morgan fingerprint density at radius 1 is 1.08 bits per heavy atom. The summed E-state index contributed by atoms with van der Waals surface area (Å²) in [5.41, 5.74) is 8.97. The highest BCUT2D eigenvalue weighted by atomic mass is 32.1. The van der Waals surface area contributed by atoms with Crippen molar-refractivity contribution in [2.45, 2.75) is 5.92 Å². The molecule has 1 aliphatic rings. The molecule has 1 unspecified atom stereocenters. The molecule has 122 valence electrons. The average Bonchev–Trinajstić information content (AvgIpc) is 2.97. The highest BCUT2D eigenvalue weighted by Gasteiger charge is 2.34. The summed E-state index contributed by atoms with van der Waals surface area (Å²) in [6, 6.07) is 21.5. The van der Waals surface area contributed by atoms with Crippen LogP contribution in [0.15, 0.2) is 72.1 Å². The van der Waals surface area contributed by atoms with Gasteiger partial charge in [-0.15, -0.1) is 0 Å². The van der Waals surface area contributed by atoms with Crippen LogP contribution in [0.5, 0.6) is 5.88 Å². The maximum absolute atomic E-state index is 9.60. The van der Waals surface area contributed by atoms with Crippen LogP contribution in [-0.2, 0) is 0 Å². The number of nitrogens with two attached hydrogens (primary N) is 1. The van der Waals surface area contributed by atoms with Gasteiger partial charge in [0.1, 0.15) is 11.6 Å². The van der Waals surface area contributed by atoms with Gasteiger partial charge in [-0.05, 0) is 29.9 Å². The van der Waals surface area contributed by atoms with Gasteiger partial charge < -0.3 is 15.5 Å². The van der Waals surface area contributed by atoms with Crippen LogP contribution in [-0.4, -0.2) is 9.55 Å². The molecule has 0 radical (unpaired) electrons. The number of para-hydroxylation sites is 1. The predicted molar refractivity (Wildman–Crippen MR) is 96.7 cm³/mol. The molecule has 3 N–H and O–H groups in total. The molecule has 0 bridgehead atoms. The number of imidazole rings is 1. The minimum absolute atomic E-state index is 0.0996. The second-order valence-electron chi connectivity index (χ2n) is 5.66. The van der Waals surface area contributed by atoms with Crippen LogP contribution in [0.1, 0.15) is 17.2 Å². The number of hydrogen-bond donors (Lipinski definition) is 2. The van der Waals surface area contributed by atoms with E-state index in [9.17, 15) is 5.26 Å². The van der Waals surface area contributed by atoms with Crippen LogP contribution < -0.4 is 10.5 Å². The second kappa shape index (κ2) is 5.96. The van der Waals surface area contributed by atoms with Crippen molar-refractivity contribution in [1.82, 2.24) is 9.55 Å². The molecule has 1 aromatic heterocycles. The fourth-order valence-corrected chi connectivity index (χ4v) is 3.39. The summed E-state index contributed by atoms with van der Waals surface area (Å²) in [4.78, 5) is 3.21. The first-order valence-corrected chi connectivity index (χ1v) is 8.14. The van der Waals surface area contributed by atoms with E-state index in [-0.39, 0.29) is 11.8 Å². The third kappa shape index (κ3) is 2.42. The molecule has 0 amide bonds. The number of aromatic amines is 1. The fraction of sp³-hybridized carbons (Fsp3) is 0.0526. The topological polar surface area (TPSA) is 79.8 Å². The molecule has 0 spiro atoms. The lowest BCUT2D eigenvalue weighted by Gasteiger charge is -2.24. The highest BCUT2D eigenvalue weighted by molar-refractivity contribution is 7.71. The number of nitrogens with zero attached hydrogens (tertiary/aromatic N) is 2. The summed E-state index contributed by atoms with van der Waals surface area (Å²) in [7, 11) is 0. The third-order valence-corrected chi connectivity index (χ3v) is 4.48. The molecule has 3 aromatic rings. The zero-order valence-electron chi connectivity index (χ0n) is 13.1. The lowest BCUT2D eigenvalue weighted by Crippen LogP contribution is -2.22. The van der Waals surface area contributed by atoms with E-state index in [1.54, 1.807) is 4.57 Å². The average molecular weight is 346 g/mol. The molecule has 2 heterocycles. The Bertz CT molecular complexity index is 1060. The zero-order valence-corrected chi connectivity index (χ0v) is 14.0. The Kier molecular flexibility index (Phi) is 3.64. The molecule has 5 nitrogen and oxygen atoms in total. The van der Waals surface area contributed by atoms with Gasteiger partial charge in [-0.25, -0.2) is 0 Å². The maximum Gasteiger partial charge on any atom is 0.229 e. The summed E-state index contributed by atoms with van der Waals surface area (Å²) >= 11 is 5.50. The number of benzene rings is 2. The largest absolute Gasteiger partial charge is 0.422 e. The van der Waals surface area contributed by atoms with Gasteiger partial charge in [-0.2, -0.15) is 5.26 Å². The Balaban J connectivity index is 1.98. The number of nitriles is 1. The smallest absolute Gasteiger partial charge is 0.229 e. The Morgan fingerprint density at radius 2 is 1.72 bits per heavy atom. The van der Waals surface area contributed by atoms with Gasteiger partial charge in [0.15, 0.2) is 4.77 Å². The number of aromatic nitrogens is 2. The Hall–Kier alpha value is -3.30. The van der Waals surface area contributed by atoms with E-state index in [0.29, 0.717) is 16.2 Å². The van der Waals surface area contributed by atoms with Gasteiger partial charge in [-0.1, -0.05) is 48.5 Å². The predicted octanol–water partition coefficient (Wildman–Crippen LogP) is 3.75. The molecule has 0 saturated heterocycles. The molecule has 0 aliphatic carbocycles. The number of ether oxygens (including phenoxy) is 1. The van der Waals surface area contributed by atoms with E-state index >= 15 is 0 Å². The van der Waals surface area contributed by atoms with Gasteiger partial charge in [0.2, 0.25) is 11.8 Å². The molecule has 6 heteroatoms. The summed E-state index contributed by atoms with van der Waals surface area (Å²) in [5.74, 6) is 0.269. The first kappa shape index (κ1) is 15.2. The summed E-state index contributed by atoms with van der Waals surface area (Å²) in [6.45, 7) is 0. The molecule has 1 atom stereocenters. The van der Waals surface area contributed by atoms with E-state index in [4.69, 9.17) is 22.7 Å². The number of rotatable bonds is 2. The quantitative estimate of drug-likeness (QED) is 0.693. The van der Waals surface area contributed by atoms with Gasteiger partial charge >= 0.3 is 0 Å². The van der Waals surface area contributed by atoms with Gasteiger partial charge in [-0.3, -0.25) is 4.57 Å². The lowest BCUT2D eigenvalue weighted by atomic mass is 9.88. The Labute approximate surface area is 149 Å². The van der Waals surface area contributed by atoms with E-state index < -0.39 is 0 Å². The molecular formula is C19H14N4OS. The number of fused-ring (bicyclic) bond motifs is 1. The van der Waals surface area contributed by atoms with Crippen molar-refractivity contribution < 1.29 is 4.74 Å². The molecule has 0 fully saturated rings. The number of nitrogens with one attached hydrogen (secondary N) is 1. The van der Waals surface area contributed by atoms with Gasteiger partial charge in [0, 0.05) is 0 Å². The summed E-state index contributed by atoms with van der Waals surface area (Å²) in [6.07, 6.45) is 0. The third-order valence-electron chi connectivity index (χ3n) is 4.20. The highest BCUT2D eigenvalue weighted by Crippen LogP contribution is 2.42. The normalized spacial score (nSPS) is 16.0. The molecule has 4 rings (SSSR count). The van der Waals surface area contributed by atoms with Crippen molar-refractivity contribution in [2.24, 2.45) is 5.73 Å². The van der Waals surface area contributed by atoms with Gasteiger partial charge in [0.25, 0.3) is 0 Å². The van der Waals surface area contributed by atoms with Crippen molar-refractivity contribution >= 4 is 12.2 Å². The standard InChI is InChI=1S/C19H14N4OS/c20-11-14-15(12-7-3-1-4-8-12)16-18(24-17(14)21)23(19(25)22-16)13-9-5-2-6-10-13/h1-10,15H,21H2,(H,22,25). The summed E-state index contributed by atoms with van der Waals surface area (Å²) in [5, 5.41) is 9.60. The molecule has 0 saturated carbocycles. The molecule has 1 aliphatic heterocycles. The van der Waals surface area contributed by atoms with Crippen LogP contribution in [0.3, 0.4) is 0 Å². The molecular weight excluding hydrogens is 332 g/mol. The van der Waals surface area contributed by atoms with Crippen LogP contribution in [0.2, 0.25) is 0 Å². The van der Waals surface area contributed by atoms with Crippen molar-refractivity contribution in [3.05, 3.63) is 88.1 Å².